The molecule has 0 fully saturated rings. The number of aromatic nitrogens is 2. The van der Waals surface area contributed by atoms with Crippen LogP contribution in [0.3, 0.4) is 0 Å². The smallest absolute Gasteiger partial charge is 0.251 e. The van der Waals surface area contributed by atoms with Crippen LogP contribution >= 0.6 is 46.3 Å². The van der Waals surface area contributed by atoms with E-state index in [9.17, 15) is 0 Å². The lowest BCUT2D eigenvalue weighted by Gasteiger charge is -2.05. The fourth-order valence-corrected chi connectivity index (χ4v) is 1.81. The van der Waals surface area contributed by atoms with E-state index in [1.54, 1.807) is 0 Å². The predicted molar refractivity (Wildman–Crippen MR) is 57.9 cm³/mol. The molecule has 0 saturated carbocycles. The Balaban J connectivity index is 2.75. The standard InChI is InChI=1S/C6H8Cl3N3S/c1-3(2)10-5-11-4(12-13-5)6(7,8)9/h3H,1-2H3,(H,10,11,12). The Morgan fingerprint density at radius 3 is 2.38 bits per heavy atom. The summed E-state index contributed by atoms with van der Waals surface area (Å²) in [4.78, 5) is 4.02. The topological polar surface area (TPSA) is 37.8 Å². The van der Waals surface area contributed by atoms with Crippen molar-refractivity contribution in [2.24, 2.45) is 0 Å². The quantitative estimate of drug-likeness (QED) is 0.830. The average Bonchev–Trinajstić information content (AvgIpc) is 2.32. The number of hydrogen-bond donors (Lipinski definition) is 1. The highest BCUT2D eigenvalue weighted by molar-refractivity contribution is 7.09. The number of halogens is 3. The van der Waals surface area contributed by atoms with Crippen LogP contribution in [0.4, 0.5) is 5.13 Å². The summed E-state index contributed by atoms with van der Waals surface area (Å²) < 4.78 is 2.38. The van der Waals surface area contributed by atoms with Crippen molar-refractivity contribution in [3.8, 4) is 0 Å². The Labute approximate surface area is 95.6 Å². The minimum absolute atomic E-state index is 0.214. The van der Waals surface area contributed by atoms with Crippen molar-refractivity contribution in [1.29, 1.82) is 0 Å². The van der Waals surface area contributed by atoms with E-state index in [-0.39, 0.29) is 11.9 Å². The number of hydrogen-bond acceptors (Lipinski definition) is 4. The zero-order valence-corrected chi connectivity index (χ0v) is 10.1. The normalized spacial score (nSPS) is 12.2. The first-order valence-electron chi connectivity index (χ1n) is 3.57. The van der Waals surface area contributed by atoms with Gasteiger partial charge in [-0.15, -0.1) is 0 Å². The zero-order valence-electron chi connectivity index (χ0n) is 7.01. The Morgan fingerprint density at radius 2 is 2.00 bits per heavy atom. The van der Waals surface area contributed by atoms with E-state index < -0.39 is 3.79 Å². The second kappa shape index (κ2) is 4.17. The molecule has 1 aromatic heterocycles. The Hall–Kier alpha value is 0.230. The first-order valence-corrected chi connectivity index (χ1v) is 5.48. The highest BCUT2D eigenvalue weighted by Crippen LogP contribution is 2.37. The molecule has 3 nitrogen and oxygen atoms in total. The lowest BCUT2D eigenvalue weighted by atomic mass is 10.4. The molecule has 0 aromatic carbocycles. The molecule has 13 heavy (non-hydrogen) atoms. The molecule has 0 radical (unpaired) electrons. The van der Waals surface area contributed by atoms with Gasteiger partial charge in [0.2, 0.25) is 5.13 Å². The predicted octanol–water partition coefficient (Wildman–Crippen LogP) is 3.19. The molecule has 0 saturated heterocycles. The summed E-state index contributed by atoms with van der Waals surface area (Å²) in [6.45, 7) is 3.99. The second-order valence-corrected chi connectivity index (χ2v) is 5.75. The SMILES string of the molecule is CC(C)Nc1nc(C(Cl)(Cl)Cl)ns1. The molecule has 1 aromatic rings. The first kappa shape index (κ1) is 11.3. The summed E-state index contributed by atoms with van der Waals surface area (Å²) in [7, 11) is 0. The van der Waals surface area contributed by atoms with Gasteiger partial charge in [0, 0.05) is 17.6 Å². The Morgan fingerprint density at radius 1 is 1.38 bits per heavy atom. The third-order valence-electron chi connectivity index (χ3n) is 1.09. The molecule has 0 aliphatic heterocycles. The summed E-state index contributed by atoms with van der Waals surface area (Å²) in [5.41, 5.74) is 0. The molecule has 0 aliphatic carbocycles. The number of nitrogens with one attached hydrogen (secondary N) is 1. The van der Waals surface area contributed by atoms with Gasteiger partial charge in [0.1, 0.15) is 0 Å². The van der Waals surface area contributed by atoms with Crippen molar-refractivity contribution in [1.82, 2.24) is 9.36 Å². The molecular weight excluding hydrogens is 253 g/mol. The number of alkyl halides is 3. The molecule has 0 aliphatic rings. The largest absolute Gasteiger partial charge is 0.358 e. The van der Waals surface area contributed by atoms with E-state index in [0.717, 1.165) is 0 Å². The number of nitrogens with zero attached hydrogens (tertiary/aromatic N) is 2. The summed E-state index contributed by atoms with van der Waals surface area (Å²) in [6, 6.07) is 0.288. The van der Waals surface area contributed by atoms with Crippen LogP contribution in [0.1, 0.15) is 19.7 Å². The highest BCUT2D eigenvalue weighted by atomic mass is 35.6. The van der Waals surface area contributed by atoms with Crippen molar-refractivity contribution in [3.05, 3.63) is 5.82 Å². The molecule has 1 heterocycles. The van der Waals surface area contributed by atoms with Crippen molar-refractivity contribution in [2.45, 2.75) is 23.7 Å². The number of rotatable bonds is 2. The van der Waals surface area contributed by atoms with E-state index in [1.165, 1.54) is 11.5 Å². The second-order valence-electron chi connectivity index (χ2n) is 2.72. The lowest BCUT2D eigenvalue weighted by Crippen LogP contribution is -2.10. The van der Waals surface area contributed by atoms with Crippen LogP contribution in [0, 0.1) is 0 Å². The van der Waals surface area contributed by atoms with E-state index in [1.807, 2.05) is 13.8 Å². The third-order valence-corrected chi connectivity index (χ3v) is 2.25. The maximum Gasteiger partial charge on any atom is 0.251 e. The molecule has 74 valence electrons. The zero-order chi connectivity index (χ0) is 10.1. The van der Waals surface area contributed by atoms with Gasteiger partial charge in [0.25, 0.3) is 3.79 Å². The minimum Gasteiger partial charge on any atom is -0.358 e. The van der Waals surface area contributed by atoms with E-state index in [0.29, 0.717) is 5.13 Å². The third kappa shape index (κ3) is 3.46. The molecule has 1 rings (SSSR count). The van der Waals surface area contributed by atoms with Crippen LogP contribution in [0.5, 0.6) is 0 Å². The van der Waals surface area contributed by atoms with Gasteiger partial charge >= 0.3 is 0 Å². The van der Waals surface area contributed by atoms with Crippen molar-refractivity contribution >= 4 is 51.5 Å². The maximum atomic E-state index is 5.59. The van der Waals surface area contributed by atoms with Crippen LogP contribution in [0.2, 0.25) is 0 Å². The highest BCUT2D eigenvalue weighted by Gasteiger charge is 2.28. The lowest BCUT2D eigenvalue weighted by molar-refractivity contribution is 0.891. The van der Waals surface area contributed by atoms with Crippen molar-refractivity contribution < 1.29 is 0 Å². The summed E-state index contributed by atoms with van der Waals surface area (Å²) in [5, 5.41) is 3.73. The molecule has 7 heteroatoms. The molecule has 0 unspecified atom stereocenters. The van der Waals surface area contributed by atoms with Crippen molar-refractivity contribution in [2.75, 3.05) is 5.32 Å². The molecule has 0 amide bonds. The molecule has 0 atom stereocenters. The monoisotopic (exact) mass is 259 g/mol. The molecular formula is C6H8Cl3N3S. The van der Waals surface area contributed by atoms with Gasteiger partial charge in [0.15, 0.2) is 5.82 Å². The van der Waals surface area contributed by atoms with Gasteiger partial charge in [-0.05, 0) is 13.8 Å². The maximum absolute atomic E-state index is 5.59. The summed E-state index contributed by atoms with van der Waals surface area (Å²) in [6.07, 6.45) is 0. The van der Waals surface area contributed by atoms with E-state index in [2.05, 4.69) is 14.7 Å². The van der Waals surface area contributed by atoms with Crippen LogP contribution in [-0.4, -0.2) is 15.4 Å². The van der Waals surface area contributed by atoms with Gasteiger partial charge in [-0.3, -0.25) is 0 Å². The molecule has 0 spiro atoms. The summed E-state index contributed by atoms with van der Waals surface area (Å²) >= 11 is 18.0. The minimum atomic E-state index is -1.53. The van der Waals surface area contributed by atoms with Gasteiger partial charge in [0.05, 0.1) is 0 Å². The van der Waals surface area contributed by atoms with Gasteiger partial charge in [-0.25, -0.2) is 0 Å². The molecule has 1 N–H and O–H groups in total. The van der Waals surface area contributed by atoms with Crippen LogP contribution < -0.4 is 5.32 Å². The van der Waals surface area contributed by atoms with Crippen molar-refractivity contribution in [3.63, 3.8) is 0 Å². The Kier molecular flexibility index (Phi) is 3.63. The van der Waals surface area contributed by atoms with Gasteiger partial charge in [-0.2, -0.15) is 9.36 Å². The van der Waals surface area contributed by atoms with E-state index in [4.69, 9.17) is 34.8 Å². The van der Waals surface area contributed by atoms with Crippen LogP contribution in [0.25, 0.3) is 0 Å². The summed E-state index contributed by atoms with van der Waals surface area (Å²) in [5.74, 6) is 0.214. The number of anilines is 1. The Bertz CT molecular complexity index is 281. The fourth-order valence-electron chi connectivity index (χ4n) is 0.644. The average molecular weight is 261 g/mol. The van der Waals surface area contributed by atoms with Crippen LogP contribution in [-0.2, 0) is 3.79 Å². The fraction of sp³-hybridized carbons (Fsp3) is 0.667. The van der Waals surface area contributed by atoms with Gasteiger partial charge < -0.3 is 5.32 Å². The van der Waals surface area contributed by atoms with E-state index >= 15 is 0 Å². The first-order chi connectivity index (χ1) is 5.89. The molecule has 0 bridgehead atoms. The van der Waals surface area contributed by atoms with Gasteiger partial charge in [-0.1, -0.05) is 34.8 Å². The van der Waals surface area contributed by atoms with Crippen LogP contribution in [0.15, 0.2) is 0 Å².